The molecule has 1 aromatic heterocycles. The van der Waals surface area contributed by atoms with Crippen molar-refractivity contribution in [3.8, 4) is 11.3 Å². The highest BCUT2D eigenvalue weighted by Crippen LogP contribution is 2.26. The molecule has 130 valence electrons. The third-order valence-corrected chi connectivity index (χ3v) is 4.99. The van der Waals surface area contributed by atoms with E-state index in [2.05, 4.69) is 62.4 Å². The summed E-state index contributed by atoms with van der Waals surface area (Å²) < 4.78 is 0. The van der Waals surface area contributed by atoms with E-state index in [0.717, 1.165) is 43.1 Å². The second-order valence-corrected chi connectivity index (χ2v) is 6.65. The molecule has 3 aromatic rings. The van der Waals surface area contributed by atoms with Gasteiger partial charge in [-0.2, -0.15) is 0 Å². The van der Waals surface area contributed by atoms with Crippen molar-refractivity contribution >= 4 is 16.7 Å². The van der Waals surface area contributed by atoms with Crippen LogP contribution in [0.2, 0.25) is 0 Å². The molecule has 0 N–H and O–H groups in total. The largest absolute Gasteiger partial charge is 0.341 e. The zero-order valence-electron chi connectivity index (χ0n) is 14.5. The topological polar surface area (TPSA) is 77.8 Å². The van der Waals surface area contributed by atoms with E-state index >= 15 is 0 Å². The highest BCUT2D eigenvalue weighted by molar-refractivity contribution is 5.86. The molecule has 1 aliphatic rings. The lowest BCUT2D eigenvalue weighted by molar-refractivity contribution is 0.411. The average molecular weight is 344 g/mol. The molecule has 1 aliphatic heterocycles. The Hall–Kier alpha value is -3.11. The summed E-state index contributed by atoms with van der Waals surface area (Å²) in [5.74, 6) is 1.24. The van der Waals surface area contributed by atoms with Crippen molar-refractivity contribution in [2.75, 3.05) is 24.5 Å². The minimum Gasteiger partial charge on any atom is -0.341 e. The first-order valence-electron chi connectivity index (χ1n) is 8.91. The molecule has 26 heavy (non-hydrogen) atoms. The SMILES string of the molecule is [N-]=[N+]=NCC1CCN(c2nccc(-c3ccc4ccccc4c3)n2)CC1. The molecule has 1 fully saturated rings. The van der Waals surface area contributed by atoms with Crippen LogP contribution in [0.25, 0.3) is 32.5 Å². The van der Waals surface area contributed by atoms with Gasteiger partial charge in [-0.05, 0) is 47.2 Å². The van der Waals surface area contributed by atoms with Gasteiger partial charge in [0.15, 0.2) is 0 Å². The van der Waals surface area contributed by atoms with Gasteiger partial charge in [-0.15, -0.1) is 0 Å². The molecule has 6 nitrogen and oxygen atoms in total. The minimum atomic E-state index is 0.464. The molecule has 0 atom stereocenters. The van der Waals surface area contributed by atoms with Gasteiger partial charge < -0.3 is 4.90 Å². The summed E-state index contributed by atoms with van der Waals surface area (Å²) >= 11 is 0. The van der Waals surface area contributed by atoms with Gasteiger partial charge in [0.2, 0.25) is 5.95 Å². The van der Waals surface area contributed by atoms with Crippen LogP contribution in [0.1, 0.15) is 12.8 Å². The molecule has 0 radical (unpaired) electrons. The van der Waals surface area contributed by atoms with E-state index in [4.69, 9.17) is 10.5 Å². The van der Waals surface area contributed by atoms with Crippen molar-refractivity contribution in [3.63, 3.8) is 0 Å². The first-order valence-corrected chi connectivity index (χ1v) is 8.91. The maximum Gasteiger partial charge on any atom is 0.225 e. The molecule has 0 bridgehead atoms. The number of rotatable bonds is 4. The maximum atomic E-state index is 8.46. The van der Waals surface area contributed by atoms with E-state index in [1.165, 1.54) is 10.8 Å². The first kappa shape index (κ1) is 16.4. The lowest BCUT2D eigenvalue weighted by atomic mass is 9.97. The lowest BCUT2D eigenvalue weighted by Gasteiger charge is -2.31. The van der Waals surface area contributed by atoms with E-state index in [-0.39, 0.29) is 0 Å². The fourth-order valence-corrected chi connectivity index (χ4v) is 3.48. The molecule has 0 saturated carbocycles. The van der Waals surface area contributed by atoms with Gasteiger partial charge in [-0.25, -0.2) is 9.97 Å². The number of benzene rings is 2. The summed E-state index contributed by atoms with van der Waals surface area (Å²) in [6.07, 6.45) is 3.84. The summed E-state index contributed by atoms with van der Waals surface area (Å²) in [6, 6.07) is 16.7. The molecule has 1 saturated heterocycles. The monoisotopic (exact) mass is 344 g/mol. The Morgan fingerprint density at radius 3 is 2.69 bits per heavy atom. The van der Waals surface area contributed by atoms with Crippen LogP contribution in [0.4, 0.5) is 5.95 Å². The molecule has 6 heteroatoms. The van der Waals surface area contributed by atoms with Crippen LogP contribution >= 0.6 is 0 Å². The highest BCUT2D eigenvalue weighted by atomic mass is 15.3. The normalized spacial score (nSPS) is 15.0. The Morgan fingerprint density at radius 1 is 1.08 bits per heavy atom. The van der Waals surface area contributed by atoms with E-state index < -0.39 is 0 Å². The summed E-state index contributed by atoms with van der Waals surface area (Å²) in [5, 5.41) is 6.14. The van der Waals surface area contributed by atoms with Gasteiger partial charge in [0.25, 0.3) is 0 Å². The van der Waals surface area contributed by atoms with Crippen LogP contribution in [0.5, 0.6) is 0 Å². The molecular weight excluding hydrogens is 324 g/mol. The quantitative estimate of drug-likeness (QED) is 0.386. The summed E-state index contributed by atoms with van der Waals surface area (Å²) in [5.41, 5.74) is 10.5. The predicted molar refractivity (Wildman–Crippen MR) is 104 cm³/mol. The van der Waals surface area contributed by atoms with Crippen LogP contribution in [0.3, 0.4) is 0 Å². The van der Waals surface area contributed by atoms with E-state index in [1.807, 2.05) is 12.3 Å². The number of nitrogens with zero attached hydrogens (tertiary/aromatic N) is 6. The minimum absolute atomic E-state index is 0.464. The number of azide groups is 1. The third-order valence-electron chi connectivity index (χ3n) is 4.99. The van der Waals surface area contributed by atoms with E-state index in [0.29, 0.717) is 12.5 Å². The molecule has 0 aliphatic carbocycles. The fourth-order valence-electron chi connectivity index (χ4n) is 3.48. The molecule has 0 amide bonds. The van der Waals surface area contributed by atoms with Crippen molar-refractivity contribution in [3.05, 3.63) is 65.2 Å². The Morgan fingerprint density at radius 2 is 1.88 bits per heavy atom. The molecule has 0 spiro atoms. The van der Waals surface area contributed by atoms with Crippen molar-refractivity contribution in [1.82, 2.24) is 9.97 Å². The zero-order valence-corrected chi connectivity index (χ0v) is 14.5. The first-order chi connectivity index (χ1) is 12.8. The van der Waals surface area contributed by atoms with Gasteiger partial charge in [0, 0.05) is 36.3 Å². The Balaban J connectivity index is 1.54. The Kier molecular flexibility index (Phi) is 4.67. The zero-order chi connectivity index (χ0) is 17.8. The van der Waals surface area contributed by atoms with Crippen LogP contribution in [-0.4, -0.2) is 29.6 Å². The van der Waals surface area contributed by atoms with Gasteiger partial charge in [0.05, 0.1) is 5.69 Å². The van der Waals surface area contributed by atoms with Gasteiger partial charge in [-0.1, -0.05) is 41.5 Å². The second kappa shape index (κ2) is 7.42. The summed E-state index contributed by atoms with van der Waals surface area (Å²) in [4.78, 5) is 14.3. The number of hydrogen-bond donors (Lipinski definition) is 0. The number of piperidine rings is 1. The average Bonchev–Trinajstić information content (AvgIpc) is 2.72. The van der Waals surface area contributed by atoms with Crippen molar-refractivity contribution in [1.29, 1.82) is 0 Å². The smallest absolute Gasteiger partial charge is 0.225 e. The molecule has 4 rings (SSSR count). The number of aromatic nitrogens is 2. The van der Waals surface area contributed by atoms with E-state index in [1.54, 1.807) is 0 Å². The summed E-state index contributed by atoms with van der Waals surface area (Å²) in [7, 11) is 0. The van der Waals surface area contributed by atoms with Crippen LogP contribution in [0, 0.1) is 5.92 Å². The molecule has 2 aromatic carbocycles. The maximum absolute atomic E-state index is 8.46. The number of hydrogen-bond acceptors (Lipinski definition) is 4. The van der Waals surface area contributed by atoms with Crippen LogP contribution in [-0.2, 0) is 0 Å². The van der Waals surface area contributed by atoms with Gasteiger partial charge >= 0.3 is 0 Å². The molecule has 0 unspecified atom stereocenters. The highest BCUT2D eigenvalue weighted by Gasteiger charge is 2.20. The Labute approximate surface area is 152 Å². The molecular formula is C20H20N6. The van der Waals surface area contributed by atoms with Crippen LogP contribution in [0.15, 0.2) is 59.8 Å². The molecule has 2 heterocycles. The van der Waals surface area contributed by atoms with Crippen molar-refractivity contribution in [2.45, 2.75) is 12.8 Å². The van der Waals surface area contributed by atoms with Crippen molar-refractivity contribution in [2.24, 2.45) is 11.0 Å². The van der Waals surface area contributed by atoms with Gasteiger partial charge in [-0.3, -0.25) is 0 Å². The fraction of sp³-hybridized carbons (Fsp3) is 0.300. The number of fused-ring (bicyclic) bond motifs is 1. The third kappa shape index (κ3) is 3.46. The predicted octanol–water partition coefficient (Wildman–Crippen LogP) is 4.82. The standard InChI is InChI=1S/C20H20N6/c21-25-23-14-15-8-11-26(12-9-15)20-22-10-7-19(24-20)18-6-5-16-3-1-2-4-17(16)13-18/h1-7,10,13,15H,8-9,11-12,14H2. The lowest BCUT2D eigenvalue weighted by Crippen LogP contribution is -2.35. The number of anilines is 1. The van der Waals surface area contributed by atoms with Crippen molar-refractivity contribution < 1.29 is 0 Å². The van der Waals surface area contributed by atoms with Gasteiger partial charge in [0.1, 0.15) is 0 Å². The Bertz CT molecular complexity index is 955. The second-order valence-electron chi connectivity index (χ2n) is 6.65. The van der Waals surface area contributed by atoms with E-state index in [9.17, 15) is 0 Å². The van der Waals surface area contributed by atoms with Crippen LogP contribution < -0.4 is 4.90 Å². The summed E-state index contributed by atoms with van der Waals surface area (Å²) in [6.45, 7) is 2.38.